The lowest BCUT2D eigenvalue weighted by molar-refractivity contribution is -0.220. The van der Waals surface area contributed by atoms with E-state index in [-0.39, 0.29) is 0 Å². The number of aliphatic hydroxyl groups excluding tert-OH is 4. The Hall–Kier alpha value is -1.35. The fraction of sp³-hybridized carbons (Fsp3) is 0.583. The maximum atomic E-state index is 13.3. The molecule has 170 valence electrons. The molecule has 1 aromatic rings. The molecule has 0 amide bonds. The van der Waals surface area contributed by atoms with E-state index in [1.54, 1.807) is 17.4 Å². The van der Waals surface area contributed by atoms with Gasteiger partial charge in [0.15, 0.2) is 0 Å². The molecule has 2 aliphatic carbocycles. The molecule has 1 aliphatic heterocycles. The number of alkyl halides is 1. The molecule has 4 N–H and O–H groups in total. The first kappa shape index (κ1) is 22.8. The Morgan fingerprint density at radius 3 is 2.61 bits per heavy atom. The van der Waals surface area contributed by atoms with E-state index in [1.165, 1.54) is 4.88 Å². The smallest absolute Gasteiger partial charge is 0.122 e. The highest BCUT2D eigenvalue weighted by molar-refractivity contribution is 7.13. The average Bonchev–Trinajstić information content (AvgIpc) is 3.23. The lowest BCUT2D eigenvalue weighted by Gasteiger charge is -2.43. The van der Waals surface area contributed by atoms with E-state index < -0.39 is 43.3 Å². The number of thiophene rings is 1. The molecule has 1 saturated heterocycles. The van der Waals surface area contributed by atoms with Gasteiger partial charge < -0.3 is 25.2 Å². The molecule has 1 aromatic heterocycles. The van der Waals surface area contributed by atoms with Crippen LogP contribution < -0.4 is 0 Å². The normalized spacial score (nSPS) is 38.6. The van der Waals surface area contributed by atoms with Gasteiger partial charge >= 0.3 is 0 Å². The summed E-state index contributed by atoms with van der Waals surface area (Å²) in [5.74, 6) is 0.810. The fourth-order valence-corrected chi connectivity index (χ4v) is 5.83. The van der Waals surface area contributed by atoms with Gasteiger partial charge in [-0.05, 0) is 60.5 Å². The van der Waals surface area contributed by atoms with Gasteiger partial charge in [-0.1, -0.05) is 25.2 Å². The fourth-order valence-electron chi connectivity index (χ4n) is 4.71. The summed E-state index contributed by atoms with van der Waals surface area (Å²) in [6.45, 7) is 1.80. The molecule has 0 saturated carbocycles. The molecular formula is C24H31FO5S. The maximum absolute atomic E-state index is 13.3. The quantitative estimate of drug-likeness (QED) is 0.518. The topological polar surface area (TPSA) is 90.2 Å². The first-order valence-electron chi connectivity index (χ1n) is 11.0. The summed E-state index contributed by atoms with van der Waals surface area (Å²) in [4.78, 5) is 2.41. The van der Waals surface area contributed by atoms with Gasteiger partial charge in [0, 0.05) is 16.2 Å². The van der Waals surface area contributed by atoms with Crippen LogP contribution in [-0.4, -0.2) is 63.7 Å². The molecule has 0 bridgehead atoms. The van der Waals surface area contributed by atoms with Crippen molar-refractivity contribution in [2.45, 2.75) is 69.3 Å². The van der Waals surface area contributed by atoms with E-state index in [9.17, 15) is 24.8 Å². The Morgan fingerprint density at radius 1 is 1.10 bits per heavy atom. The standard InChI is InChI=1S/C24H31FO5S/c1-13-2-3-15(24-23(29)22(28)21(27)19(12-26)30-24)10-16(13)11-18-8-9-20(31-18)14-4-6-17(25)7-5-14/h3-6,8-9,13,16-17,19,21-24,26-29H,2,7,10-12H2,1H3/t13-,16-,17-,19-,21-,22+,23-,24?/m1/s1. The first-order chi connectivity index (χ1) is 14.9. The van der Waals surface area contributed by atoms with Crippen LogP contribution >= 0.6 is 11.3 Å². The van der Waals surface area contributed by atoms with Gasteiger partial charge in [0.2, 0.25) is 0 Å². The van der Waals surface area contributed by atoms with E-state index in [2.05, 4.69) is 25.1 Å². The second-order valence-corrected chi connectivity index (χ2v) is 10.1. The maximum Gasteiger partial charge on any atom is 0.122 e. The van der Waals surface area contributed by atoms with Crippen molar-refractivity contribution in [3.8, 4) is 0 Å². The van der Waals surface area contributed by atoms with Gasteiger partial charge in [-0.3, -0.25) is 0 Å². The molecule has 1 fully saturated rings. The highest BCUT2D eigenvalue weighted by atomic mass is 32.1. The highest BCUT2D eigenvalue weighted by Crippen LogP contribution is 2.39. The summed E-state index contributed by atoms with van der Waals surface area (Å²) in [6, 6.07) is 4.23. The van der Waals surface area contributed by atoms with Crippen LogP contribution in [-0.2, 0) is 11.2 Å². The van der Waals surface area contributed by atoms with Gasteiger partial charge in [-0.25, -0.2) is 4.39 Å². The Morgan fingerprint density at radius 2 is 1.90 bits per heavy atom. The Labute approximate surface area is 186 Å². The monoisotopic (exact) mass is 450 g/mol. The second-order valence-electron chi connectivity index (χ2n) is 8.95. The SMILES string of the molecule is C[C@@H]1CC=C(C2O[C@H](CO)[C@@H](O)[C@H](O)[C@H]2O)C[C@@H]1Cc1ccc(C2=CC[C@H](F)C=C2)s1. The average molecular weight is 451 g/mol. The molecular weight excluding hydrogens is 419 g/mol. The van der Waals surface area contributed by atoms with Crippen molar-refractivity contribution < 1.29 is 29.6 Å². The van der Waals surface area contributed by atoms with E-state index >= 15 is 0 Å². The number of ether oxygens (including phenoxy) is 1. The zero-order chi connectivity index (χ0) is 22.1. The third kappa shape index (κ3) is 4.87. The summed E-state index contributed by atoms with van der Waals surface area (Å²) in [7, 11) is 0. The number of hydrogen-bond acceptors (Lipinski definition) is 6. The minimum Gasteiger partial charge on any atom is -0.394 e. The summed E-state index contributed by atoms with van der Waals surface area (Å²) in [5, 5.41) is 40.1. The third-order valence-electron chi connectivity index (χ3n) is 6.77. The minimum atomic E-state index is -1.35. The lowest BCUT2D eigenvalue weighted by Crippen LogP contribution is -2.59. The number of aliphatic hydroxyl groups is 4. The van der Waals surface area contributed by atoms with Gasteiger partial charge in [0.1, 0.15) is 36.7 Å². The predicted octanol–water partition coefficient (Wildman–Crippen LogP) is 2.79. The lowest BCUT2D eigenvalue weighted by atomic mass is 9.75. The molecule has 31 heavy (non-hydrogen) atoms. The summed E-state index contributed by atoms with van der Waals surface area (Å²) in [6.07, 6.45) is 3.95. The molecule has 0 radical (unpaired) electrons. The van der Waals surface area contributed by atoms with E-state index in [0.717, 1.165) is 35.3 Å². The van der Waals surface area contributed by atoms with E-state index in [4.69, 9.17) is 4.74 Å². The van der Waals surface area contributed by atoms with Crippen molar-refractivity contribution in [1.82, 2.24) is 0 Å². The van der Waals surface area contributed by atoms with Crippen molar-refractivity contribution in [2.75, 3.05) is 6.61 Å². The molecule has 1 unspecified atom stereocenters. The van der Waals surface area contributed by atoms with Gasteiger partial charge in [0.25, 0.3) is 0 Å². The van der Waals surface area contributed by atoms with Gasteiger partial charge in [-0.2, -0.15) is 0 Å². The van der Waals surface area contributed by atoms with E-state index in [1.807, 2.05) is 12.2 Å². The molecule has 5 nitrogen and oxygen atoms in total. The molecule has 2 heterocycles. The van der Waals surface area contributed by atoms with Crippen molar-refractivity contribution in [1.29, 1.82) is 0 Å². The molecule has 0 aromatic carbocycles. The summed E-state index contributed by atoms with van der Waals surface area (Å²) in [5.41, 5.74) is 1.99. The van der Waals surface area contributed by atoms with Crippen LogP contribution in [0.3, 0.4) is 0 Å². The Kier molecular flexibility index (Phi) is 7.10. The molecule has 7 heteroatoms. The molecule has 0 spiro atoms. The van der Waals surface area contributed by atoms with Crippen LogP contribution in [0.1, 0.15) is 35.9 Å². The second kappa shape index (κ2) is 9.65. The van der Waals surface area contributed by atoms with Crippen molar-refractivity contribution >= 4 is 16.9 Å². The molecule has 4 rings (SSSR count). The predicted molar refractivity (Wildman–Crippen MR) is 118 cm³/mol. The highest BCUT2D eigenvalue weighted by Gasteiger charge is 2.45. The van der Waals surface area contributed by atoms with Crippen molar-refractivity contribution in [3.05, 3.63) is 51.8 Å². The van der Waals surface area contributed by atoms with Crippen LogP contribution in [0.4, 0.5) is 4.39 Å². The van der Waals surface area contributed by atoms with Crippen LogP contribution in [0.2, 0.25) is 0 Å². The summed E-state index contributed by atoms with van der Waals surface area (Å²) < 4.78 is 19.1. The molecule has 8 atom stereocenters. The zero-order valence-corrected chi connectivity index (χ0v) is 18.4. The Bertz CT molecular complexity index is 860. The van der Waals surface area contributed by atoms with Crippen LogP contribution in [0.5, 0.6) is 0 Å². The van der Waals surface area contributed by atoms with Crippen LogP contribution in [0.25, 0.3) is 5.57 Å². The van der Waals surface area contributed by atoms with Gasteiger partial charge in [-0.15, -0.1) is 11.3 Å². The molecule has 3 aliphatic rings. The van der Waals surface area contributed by atoms with Crippen LogP contribution in [0.15, 0.2) is 42.0 Å². The van der Waals surface area contributed by atoms with Crippen molar-refractivity contribution in [3.63, 3.8) is 0 Å². The third-order valence-corrected chi connectivity index (χ3v) is 7.93. The van der Waals surface area contributed by atoms with Crippen LogP contribution in [0, 0.1) is 11.8 Å². The largest absolute Gasteiger partial charge is 0.394 e. The number of allylic oxidation sites excluding steroid dienone is 5. The first-order valence-corrected chi connectivity index (χ1v) is 11.8. The minimum absolute atomic E-state index is 0.352. The number of rotatable bonds is 5. The summed E-state index contributed by atoms with van der Waals surface area (Å²) >= 11 is 1.73. The van der Waals surface area contributed by atoms with Crippen molar-refractivity contribution in [2.24, 2.45) is 11.8 Å². The number of hydrogen-bond donors (Lipinski definition) is 4. The Balaban J connectivity index is 1.44. The van der Waals surface area contributed by atoms with E-state index in [0.29, 0.717) is 18.3 Å². The van der Waals surface area contributed by atoms with Gasteiger partial charge in [0.05, 0.1) is 6.61 Å². The number of halogens is 1. The zero-order valence-electron chi connectivity index (χ0n) is 17.6.